The first kappa shape index (κ1) is 37.8. The number of rotatable bonds is 4. The molecule has 0 bridgehead atoms. The fraction of sp³-hybridized carbons (Fsp3) is 0.235. The molecule has 4 aromatic heterocycles. The molecule has 50 heavy (non-hydrogen) atoms. The van der Waals surface area contributed by atoms with Gasteiger partial charge in [0.25, 0.3) is 5.56 Å². The number of halogens is 7. The Hall–Kier alpha value is -3.49. The van der Waals surface area contributed by atoms with Crippen molar-refractivity contribution in [3.05, 3.63) is 126 Å². The highest BCUT2D eigenvalue weighted by atomic mass is 79.9. The molecule has 0 aliphatic carbocycles. The lowest BCUT2D eigenvalue weighted by molar-refractivity contribution is 0.623. The summed E-state index contributed by atoms with van der Waals surface area (Å²) in [7, 11) is 0. The third-order valence-electron chi connectivity index (χ3n) is 7.86. The van der Waals surface area contributed by atoms with Gasteiger partial charge in [-0.2, -0.15) is 4.98 Å². The molecule has 2 aromatic carbocycles. The SMILES string of the molecule is Cc1ccnc(C(C)C)c1-n1c(=O)[nH]c(=O)c2c(Br)c(F)c(Cl)cc21.Cc1ccnc(C(C)C)c1-n1c(=O)nc(Cl)c2c(Br)c(F)c(Cl)cc21. The van der Waals surface area contributed by atoms with Crippen LogP contribution in [-0.4, -0.2) is 29.1 Å². The van der Waals surface area contributed by atoms with Gasteiger partial charge in [0.2, 0.25) is 0 Å². The van der Waals surface area contributed by atoms with Crippen LogP contribution in [0.4, 0.5) is 8.78 Å². The number of aromatic amines is 1. The number of benzene rings is 2. The largest absolute Gasteiger partial charge is 0.354 e. The standard InChI is InChI=1S/C17H13BrCl2FN3O.C17H14BrClFN3O2/c1-7(2)14-15(8(3)4-5-22-14)24-10-6-9(19)13(21)12(18)11(10)16(20)23-17(24)25;1-7(2)14-15(8(3)4-5-21-14)23-10-6-9(19)13(20)12(18)11(10)16(24)22-17(23)25/h4-7H,1-3H3;4-7H,1-3H3,(H,22,24,25). The zero-order chi connectivity index (χ0) is 36.9. The monoisotopic (exact) mass is 868 g/mol. The van der Waals surface area contributed by atoms with E-state index in [4.69, 9.17) is 34.8 Å². The van der Waals surface area contributed by atoms with Gasteiger partial charge >= 0.3 is 11.4 Å². The summed E-state index contributed by atoms with van der Waals surface area (Å²) in [5, 5.41) is -0.111. The maximum atomic E-state index is 14.2. The number of pyridine rings is 2. The van der Waals surface area contributed by atoms with Crippen molar-refractivity contribution in [1.29, 1.82) is 0 Å². The zero-order valence-electron chi connectivity index (χ0n) is 27.2. The minimum Gasteiger partial charge on any atom is -0.273 e. The maximum Gasteiger partial charge on any atom is 0.354 e. The molecular weight excluding hydrogens is 845 g/mol. The molecule has 0 saturated heterocycles. The minimum absolute atomic E-state index is 0.0134. The van der Waals surface area contributed by atoms with Crippen LogP contribution in [0.15, 0.2) is 60.0 Å². The van der Waals surface area contributed by atoms with Gasteiger partial charge in [-0.3, -0.25) is 28.9 Å². The summed E-state index contributed by atoms with van der Waals surface area (Å²) in [4.78, 5) is 52.4. The molecule has 0 spiro atoms. The van der Waals surface area contributed by atoms with Gasteiger partial charge in [-0.05, 0) is 92.9 Å². The average Bonchev–Trinajstić information content (AvgIpc) is 3.03. The van der Waals surface area contributed by atoms with Crippen LogP contribution < -0.4 is 16.9 Å². The van der Waals surface area contributed by atoms with E-state index in [1.165, 1.54) is 21.3 Å². The number of fused-ring (bicyclic) bond motifs is 2. The Labute approximate surface area is 315 Å². The Morgan fingerprint density at radius 2 is 1.18 bits per heavy atom. The smallest absolute Gasteiger partial charge is 0.273 e. The Morgan fingerprint density at radius 3 is 1.66 bits per heavy atom. The lowest BCUT2D eigenvalue weighted by atomic mass is 10.0. The third-order valence-corrected chi connectivity index (χ3v) is 10.2. The number of hydrogen-bond acceptors (Lipinski definition) is 6. The molecule has 260 valence electrons. The maximum absolute atomic E-state index is 14.2. The molecule has 0 radical (unpaired) electrons. The predicted octanol–water partition coefficient (Wildman–Crippen LogP) is 9.48. The van der Waals surface area contributed by atoms with Gasteiger partial charge in [-0.1, -0.05) is 62.5 Å². The Morgan fingerprint density at radius 1 is 0.740 bits per heavy atom. The molecule has 0 aliphatic heterocycles. The molecule has 9 nitrogen and oxygen atoms in total. The summed E-state index contributed by atoms with van der Waals surface area (Å²) in [5.41, 5.74) is 2.88. The van der Waals surface area contributed by atoms with E-state index in [0.29, 0.717) is 22.6 Å². The van der Waals surface area contributed by atoms with E-state index in [9.17, 15) is 23.2 Å². The summed E-state index contributed by atoms with van der Waals surface area (Å²) in [6.45, 7) is 11.6. The molecule has 0 fully saturated rings. The molecule has 6 rings (SSSR count). The van der Waals surface area contributed by atoms with Crippen molar-refractivity contribution >= 4 is 88.5 Å². The molecule has 0 aliphatic rings. The van der Waals surface area contributed by atoms with Crippen LogP contribution in [-0.2, 0) is 0 Å². The van der Waals surface area contributed by atoms with Gasteiger partial charge < -0.3 is 0 Å². The van der Waals surface area contributed by atoms with Crippen molar-refractivity contribution in [1.82, 2.24) is 29.1 Å². The van der Waals surface area contributed by atoms with Crippen molar-refractivity contribution in [2.24, 2.45) is 0 Å². The normalized spacial score (nSPS) is 11.5. The number of H-pyrrole nitrogens is 1. The van der Waals surface area contributed by atoms with Gasteiger partial charge in [-0.25, -0.2) is 18.4 Å². The van der Waals surface area contributed by atoms with Crippen LogP contribution in [0.2, 0.25) is 15.2 Å². The highest BCUT2D eigenvalue weighted by Crippen LogP contribution is 2.37. The first-order chi connectivity index (χ1) is 23.5. The first-order valence-corrected chi connectivity index (χ1v) is 17.7. The van der Waals surface area contributed by atoms with Gasteiger partial charge in [0.05, 0.1) is 63.6 Å². The summed E-state index contributed by atoms with van der Waals surface area (Å²) >= 11 is 24.3. The van der Waals surface area contributed by atoms with Gasteiger partial charge in [0.1, 0.15) is 5.15 Å². The lowest BCUT2D eigenvalue weighted by Crippen LogP contribution is -2.31. The van der Waals surface area contributed by atoms with E-state index in [0.717, 1.165) is 16.8 Å². The van der Waals surface area contributed by atoms with E-state index in [1.807, 2.05) is 41.5 Å². The van der Waals surface area contributed by atoms with Crippen molar-refractivity contribution < 1.29 is 8.78 Å². The van der Waals surface area contributed by atoms with Crippen LogP contribution >= 0.6 is 66.7 Å². The lowest BCUT2D eigenvalue weighted by Gasteiger charge is -2.18. The molecule has 4 heterocycles. The molecule has 0 atom stereocenters. The number of aromatic nitrogens is 6. The molecular formula is C34H27Br2Cl3F2N6O3. The van der Waals surface area contributed by atoms with E-state index < -0.39 is 28.6 Å². The van der Waals surface area contributed by atoms with E-state index >= 15 is 0 Å². The van der Waals surface area contributed by atoms with Crippen LogP contribution in [0.1, 0.15) is 62.0 Å². The molecule has 0 unspecified atom stereocenters. The fourth-order valence-corrected chi connectivity index (χ4v) is 7.76. The molecule has 0 amide bonds. The second-order valence-electron chi connectivity index (χ2n) is 11.9. The fourth-order valence-electron chi connectivity index (χ4n) is 5.56. The van der Waals surface area contributed by atoms with Crippen LogP contribution in [0.3, 0.4) is 0 Å². The molecule has 1 N–H and O–H groups in total. The third kappa shape index (κ3) is 6.66. The number of hydrogen-bond donors (Lipinski definition) is 1. The highest BCUT2D eigenvalue weighted by Gasteiger charge is 2.23. The average molecular weight is 872 g/mol. The quantitative estimate of drug-likeness (QED) is 0.140. The van der Waals surface area contributed by atoms with Crippen LogP contribution in [0, 0.1) is 25.5 Å². The predicted molar refractivity (Wildman–Crippen MR) is 201 cm³/mol. The topological polar surface area (TPSA) is 116 Å². The highest BCUT2D eigenvalue weighted by molar-refractivity contribution is 9.11. The second-order valence-corrected chi connectivity index (χ2v) is 14.7. The molecule has 6 aromatic rings. The summed E-state index contributed by atoms with van der Waals surface area (Å²) in [6, 6.07) is 6.23. The van der Waals surface area contributed by atoms with Crippen LogP contribution in [0.25, 0.3) is 33.2 Å². The van der Waals surface area contributed by atoms with Crippen molar-refractivity contribution in [3.63, 3.8) is 0 Å². The van der Waals surface area contributed by atoms with E-state index in [2.05, 4.69) is 51.8 Å². The summed E-state index contributed by atoms with van der Waals surface area (Å²) < 4.78 is 31.0. The Bertz CT molecular complexity index is 2540. The number of nitrogens with one attached hydrogen (secondary N) is 1. The zero-order valence-corrected chi connectivity index (χ0v) is 32.7. The summed E-state index contributed by atoms with van der Waals surface area (Å²) in [6.07, 6.45) is 3.35. The number of nitrogens with zero attached hydrogens (tertiary/aromatic N) is 5. The van der Waals surface area contributed by atoms with Gasteiger partial charge in [0.15, 0.2) is 11.6 Å². The first-order valence-electron chi connectivity index (χ1n) is 15.0. The molecule has 0 saturated carbocycles. The Kier molecular flexibility index (Phi) is 11.0. The second kappa shape index (κ2) is 14.6. The van der Waals surface area contributed by atoms with Gasteiger partial charge in [0, 0.05) is 12.4 Å². The van der Waals surface area contributed by atoms with Gasteiger partial charge in [-0.15, -0.1) is 0 Å². The minimum atomic E-state index is -0.753. The molecule has 16 heteroatoms. The van der Waals surface area contributed by atoms with E-state index in [-0.39, 0.29) is 52.3 Å². The van der Waals surface area contributed by atoms with E-state index in [1.54, 1.807) is 24.5 Å². The van der Waals surface area contributed by atoms with Crippen molar-refractivity contribution in [2.75, 3.05) is 0 Å². The Balaban J connectivity index is 0.000000194. The van der Waals surface area contributed by atoms with Crippen molar-refractivity contribution in [3.8, 4) is 11.4 Å². The van der Waals surface area contributed by atoms with Crippen molar-refractivity contribution in [2.45, 2.75) is 53.4 Å². The summed E-state index contributed by atoms with van der Waals surface area (Å²) in [5.74, 6) is -1.32. The number of aryl methyl sites for hydroxylation is 2. The van der Waals surface area contributed by atoms with Crippen LogP contribution in [0.5, 0.6) is 0 Å².